The van der Waals surface area contributed by atoms with E-state index < -0.39 is 0 Å². The molecule has 3 atom stereocenters. The van der Waals surface area contributed by atoms with E-state index in [1.807, 2.05) is 31.2 Å². The molecule has 3 heteroatoms. The van der Waals surface area contributed by atoms with Crippen LogP contribution in [0, 0.1) is 5.92 Å². The summed E-state index contributed by atoms with van der Waals surface area (Å²) in [6, 6.07) is 7.90. The Morgan fingerprint density at radius 1 is 1.24 bits per heavy atom. The van der Waals surface area contributed by atoms with Gasteiger partial charge in [-0.3, -0.25) is 0 Å². The van der Waals surface area contributed by atoms with Gasteiger partial charge in [0.05, 0.1) is 19.3 Å². The van der Waals surface area contributed by atoms with Gasteiger partial charge in [0, 0.05) is 11.5 Å². The Morgan fingerprint density at radius 2 is 1.94 bits per heavy atom. The lowest BCUT2D eigenvalue weighted by atomic mass is 10.1. The minimum Gasteiger partial charge on any atom is -0.494 e. The van der Waals surface area contributed by atoms with Crippen molar-refractivity contribution in [3.8, 4) is 5.75 Å². The van der Waals surface area contributed by atoms with E-state index in [4.69, 9.17) is 14.2 Å². The third-order valence-electron chi connectivity index (χ3n) is 3.11. The summed E-state index contributed by atoms with van der Waals surface area (Å²) in [5, 5.41) is 0. The van der Waals surface area contributed by atoms with Crippen LogP contribution >= 0.6 is 0 Å². The van der Waals surface area contributed by atoms with Crippen molar-refractivity contribution in [2.45, 2.75) is 33.2 Å². The van der Waals surface area contributed by atoms with Crippen LogP contribution in [0.4, 0.5) is 0 Å². The van der Waals surface area contributed by atoms with E-state index in [1.54, 1.807) is 0 Å². The van der Waals surface area contributed by atoms with E-state index in [9.17, 15) is 0 Å². The number of hydrogen-bond donors (Lipinski definition) is 0. The molecule has 0 aliphatic carbocycles. The molecule has 1 aliphatic heterocycles. The second-order valence-corrected chi connectivity index (χ2v) is 4.49. The summed E-state index contributed by atoms with van der Waals surface area (Å²) >= 11 is 0. The molecule has 2 rings (SSSR count). The first-order chi connectivity index (χ1) is 8.20. The molecule has 1 aliphatic rings. The smallest absolute Gasteiger partial charge is 0.184 e. The van der Waals surface area contributed by atoms with Gasteiger partial charge in [-0.1, -0.05) is 19.1 Å². The average molecular weight is 236 g/mol. The highest BCUT2D eigenvalue weighted by Gasteiger charge is 2.26. The minimum atomic E-state index is -0.239. The molecule has 1 fully saturated rings. The predicted octanol–water partition coefficient (Wildman–Crippen LogP) is 3.16. The lowest BCUT2D eigenvalue weighted by molar-refractivity contribution is -0.233. The maximum Gasteiger partial charge on any atom is 0.184 e. The first-order valence-corrected chi connectivity index (χ1v) is 6.20. The van der Waals surface area contributed by atoms with Gasteiger partial charge in [0.1, 0.15) is 5.75 Å². The fourth-order valence-electron chi connectivity index (χ4n) is 1.81. The number of hydrogen-bond acceptors (Lipinski definition) is 3. The molecule has 0 bridgehead atoms. The zero-order valence-electron chi connectivity index (χ0n) is 10.7. The van der Waals surface area contributed by atoms with E-state index in [-0.39, 0.29) is 12.4 Å². The lowest BCUT2D eigenvalue weighted by Gasteiger charge is -2.33. The van der Waals surface area contributed by atoms with Gasteiger partial charge in [-0.2, -0.15) is 0 Å². The summed E-state index contributed by atoms with van der Waals surface area (Å²) in [5.74, 6) is 1.34. The van der Waals surface area contributed by atoms with E-state index in [0.717, 1.165) is 17.9 Å². The zero-order chi connectivity index (χ0) is 12.3. The highest BCUT2D eigenvalue weighted by atomic mass is 16.7. The van der Waals surface area contributed by atoms with Crippen LogP contribution in [0.15, 0.2) is 24.3 Å². The second-order valence-electron chi connectivity index (χ2n) is 4.49. The van der Waals surface area contributed by atoms with Crippen molar-refractivity contribution in [3.05, 3.63) is 29.8 Å². The predicted molar refractivity (Wildman–Crippen MR) is 66.0 cm³/mol. The normalized spacial score (nSPS) is 29.0. The standard InChI is InChI=1S/C14H20O3/c1-4-15-13-7-5-12(6-8-13)14-16-9-10(2)11(3)17-14/h5-8,10-11,14H,4,9H2,1-3H3. The van der Waals surface area contributed by atoms with Crippen molar-refractivity contribution in [1.82, 2.24) is 0 Å². The summed E-state index contributed by atoms with van der Waals surface area (Å²) in [4.78, 5) is 0. The Kier molecular flexibility index (Phi) is 4.02. The largest absolute Gasteiger partial charge is 0.494 e. The van der Waals surface area contributed by atoms with Crippen molar-refractivity contribution in [1.29, 1.82) is 0 Å². The third kappa shape index (κ3) is 2.99. The number of ether oxygens (including phenoxy) is 3. The van der Waals surface area contributed by atoms with Crippen LogP contribution in [0.1, 0.15) is 32.6 Å². The van der Waals surface area contributed by atoms with Crippen LogP contribution in [0.5, 0.6) is 5.75 Å². The molecule has 94 valence electrons. The molecule has 0 spiro atoms. The van der Waals surface area contributed by atoms with Crippen LogP contribution in [-0.2, 0) is 9.47 Å². The fourth-order valence-corrected chi connectivity index (χ4v) is 1.81. The summed E-state index contributed by atoms with van der Waals surface area (Å²) < 4.78 is 16.9. The van der Waals surface area contributed by atoms with Gasteiger partial charge in [-0.25, -0.2) is 0 Å². The molecular formula is C14H20O3. The van der Waals surface area contributed by atoms with Crippen LogP contribution in [-0.4, -0.2) is 19.3 Å². The molecule has 0 amide bonds. The van der Waals surface area contributed by atoms with Crippen LogP contribution in [0.3, 0.4) is 0 Å². The van der Waals surface area contributed by atoms with Gasteiger partial charge in [0.25, 0.3) is 0 Å². The summed E-state index contributed by atoms with van der Waals surface area (Å²) in [6.07, 6.45) is -0.00260. The van der Waals surface area contributed by atoms with Crippen LogP contribution in [0.25, 0.3) is 0 Å². The Morgan fingerprint density at radius 3 is 2.53 bits per heavy atom. The zero-order valence-corrected chi connectivity index (χ0v) is 10.7. The van der Waals surface area contributed by atoms with Gasteiger partial charge >= 0.3 is 0 Å². The van der Waals surface area contributed by atoms with E-state index >= 15 is 0 Å². The van der Waals surface area contributed by atoms with Gasteiger partial charge in [-0.15, -0.1) is 0 Å². The first-order valence-electron chi connectivity index (χ1n) is 6.20. The van der Waals surface area contributed by atoms with Gasteiger partial charge in [-0.05, 0) is 26.0 Å². The highest BCUT2D eigenvalue weighted by molar-refractivity contribution is 5.28. The van der Waals surface area contributed by atoms with Gasteiger partial charge in [0.15, 0.2) is 6.29 Å². The molecule has 0 N–H and O–H groups in total. The van der Waals surface area contributed by atoms with Crippen LogP contribution in [0.2, 0.25) is 0 Å². The lowest BCUT2D eigenvalue weighted by Crippen LogP contribution is -2.32. The van der Waals surface area contributed by atoms with Crippen molar-refractivity contribution < 1.29 is 14.2 Å². The number of rotatable bonds is 3. The minimum absolute atomic E-state index is 0.236. The average Bonchev–Trinajstić information content (AvgIpc) is 2.34. The number of benzene rings is 1. The van der Waals surface area contributed by atoms with E-state index in [2.05, 4.69) is 13.8 Å². The molecule has 0 saturated carbocycles. The Labute approximate surface area is 103 Å². The van der Waals surface area contributed by atoms with Crippen LogP contribution < -0.4 is 4.74 Å². The fraction of sp³-hybridized carbons (Fsp3) is 0.571. The maximum absolute atomic E-state index is 5.82. The Balaban J connectivity index is 2.02. The maximum atomic E-state index is 5.82. The highest BCUT2D eigenvalue weighted by Crippen LogP contribution is 2.29. The molecule has 0 radical (unpaired) electrons. The molecule has 0 aromatic heterocycles. The molecule has 17 heavy (non-hydrogen) atoms. The summed E-state index contributed by atoms with van der Waals surface area (Å²) in [6.45, 7) is 7.64. The molecule has 1 aromatic carbocycles. The quantitative estimate of drug-likeness (QED) is 0.806. The molecular weight excluding hydrogens is 216 g/mol. The summed E-state index contributed by atoms with van der Waals surface area (Å²) in [5.41, 5.74) is 1.05. The third-order valence-corrected chi connectivity index (χ3v) is 3.11. The van der Waals surface area contributed by atoms with Gasteiger partial charge in [0.2, 0.25) is 0 Å². The van der Waals surface area contributed by atoms with E-state index in [1.165, 1.54) is 0 Å². The van der Waals surface area contributed by atoms with Crippen molar-refractivity contribution in [3.63, 3.8) is 0 Å². The molecule has 3 nitrogen and oxygen atoms in total. The Hall–Kier alpha value is -1.06. The molecule has 1 heterocycles. The first kappa shape index (κ1) is 12.4. The SMILES string of the molecule is CCOc1ccc(C2OCC(C)C(C)O2)cc1. The molecule has 1 saturated heterocycles. The topological polar surface area (TPSA) is 27.7 Å². The van der Waals surface area contributed by atoms with E-state index in [0.29, 0.717) is 12.5 Å². The monoisotopic (exact) mass is 236 g/mol. The second kappa shape index (κ2) is 5.52. The molecule has 3 unspecified atom stereocenters. The van der Waals surface area contributed by atoms with Crippen molar-refractivity contribution in [2.75, 3.05) is 13.2 Å². The van der Waals surface area contributed by atoms with Crippen molar-refractivity contribution in [2.24, 2.45) is 5.92 Å². The van der Waals surface area contributed by atoms with Gasteiger partial charge < -0.3 is 14.2 Å². The molecule has 1 aromatic rings. The summed E-state index contributed by atoms with van der Waals surface area (Å²) in [7, 11) is 0. The Bertz CT molecular complexity index is 347. The van der Waals surface area contributed by atoms with Crippen molar-refractivity contribution >= 4 is 0 Å².